The Labute approximate surface area is 140 Å². The van der Waals surface area contributed by atoms with Crippen LogP contribution in [-0.4, -0.2) is 32.9 Å². The lowest BCUT2D eigenvalue weighted by Gasteiger charge is -2.07. The number of ether oxygens (including phenoxy) is 1. The summed E-state index contributed by atoms with van der Waals surface area (Å²) in [6, 6.07) is 5.37. The van der Waals surface area contributed by atoms with Crippen LogP contribution in [0.25, 0.3) is 10.6 Å². The van der Waals surface area contributed by atoms with Gasteiger partial charge in [0.05, 0.1) is 22.0 Å². The molecule has 0 aliphatic carbocycles. The Bertz CT molecular complexity index is 839. The molecule has 0 spiro atoms. The SMILES string of the molecule is COCc1ncc(C(=O)O)n1Cc1cc(-c2ccc(Cl)s2)on1. The number of aromatic nitrogens is 3. The Morgan fingerprint density at radius 2 is 2.35 bits per heavy atom. The summed E-state index contributed by atoms with van der Waals surface area (Å²) in [6.45, 7) is 0.432. The van der Waals surface area contributed by atoms with E-state index in [1.807, 2.05) is 6.07 Å². The van der Waals surface area contributed by atoms with Gasteiger partial charge in [-0.15, -0.1) is 11.3 Å². The van der Waals surface area contributed by atoms with Gasteiger partial charge in [0.15, 0.2) is 5.76 Å². The van der Waals surface area contributed by atoms with E-state index in [4.69, 9.17) is 20.9 Å². The molecule has 0 atom stereocenters. The lowest BCUT2D eigenvalue weighted by molar-refractivity contribution is 0.0684. The molecule has 3 aromatic rings. The topological polar surface area (TPSA) is 90.4 Å². The summed E-state index contributed by atoms with van der Waals surface area (Å²) in [5.41, 5.74) is 0.656. The molecular weight excluding hydrogens is 342 g/mol. The Morgan fingerprint density at radius 3 is 3.00 bits per heavy atom. The van der Waals surface area contributed by atoms with Crippen LogP contribution < -0.4 is 0 Å². The minimum absolute atomic E-state index is 0.0702. The summed E-state index contributed by atoms with van der Waals surface area (Å²) < 4.78 is 12.5. The van der Waals surface area contributed by atoms with Crippen molar-refractivity contribution >= 4 is 28.9 Å². The van der Waals surface area contributed by atoms with Crippen LogP contribution in [0.15, 0.2) is 28.9 Å². The average Bonchev–Trinajstić information content (AvgIpc) is 3.21. The first-order valence-electron chi connectivity index (χ1n) is 6.56. The van der Waals surface area contributed by atoms with Crippen molar-refractivity contribution in [1.29, 1.82) is 0 Å². The number of rotatable bonds is 6. The minimum atomic E-state index is -1.06. The molecule has 0 aliphatic rings. The second kappa shape index (κ2) is 6.53. The van der Waals surface area contributed by atoms with E-state index in [1.54, 1.807) is 12.1 Å². The smallest absolute Gasteiger partial charge is 0.354 e. The number of carboxylic acid groups (broad SMARTS) is 1. The molecule has 3 heterocycles. The highest BCUT2D eigenvalue weighted by Crippen LogP contribution is 2.31. The zero-order chi connectivity index (χ0) is 16.4. The van der Waals surface area contributed by atoms with E-state index >= 15 is 0 Å². The fourth-order valence-corrected chi connectivity index (χ4v) is 3.11. The average molecular weight is 354 g/mol. The summed E-state index contributed by atoms with van der Waals surface area (Å²) in [5.74, 6) is 0.0319. The number of thiophene rings is 1. The van der Waals surface area contributed by atoms with Crippen molar-refractivity contribution in [2.24, 2.45) is 0 Å². The monoisotopic (exact) mass is 353 g/mol. The number of hydrogen-bond acceptors (Lipinski definition) is 6. The summed E-state index contributed by atoms with van der Waals surface area (Å²) in [4.78, 5) is 16.2. The molecule has 3 aromatic heterocycles. The number of halogens is 1. The molecule has 0 amide bonds. The first-order chi connectivity index (χ1) is 11.1. The first kappa shape index (κ1) is 15.7. The van der Waals surface area contributed by atoms with Crippen molar-refractivity contribution in [2.45, 2.75) is 13.2 Å². The summed E-state index contributed by atoms with van der Waals surface area (Å²) >= 11 is 7.29. The normalized spacial score (nSPS) is 11.0. The molecule has 0 aromatic carbocycles. The van der Waals surface area contributed by atoms with Gasteiger partial charge in [0, 0.05) is 13.2 Å². The molecule has 0 fully saturated rings. The van der Waals surface area contributed by atoms with Gasteiger partial charge in [-0.2, -0.15) is 0 Å². The number of imidazole rings is 1. The molecule has 1 N–H and O–H groups in total. The predicted molar refractivity (Wildman–Crippen MR) is 83.8 cm³/mol. The molecule has 0 saturated carbocycles. The van der Waals surface area contributed by atoms with Crippen LogP contribution in [0, 0.1) is 0 Å². The third kappa shape index (κ3) is 3.29. The van der Waals surface area contributed by atoms with Crippen LogP contribution in [0.1, 0.15) is 22.0 Å². The van der Waals surface area contributed by atoms with E-state index in [0.29, 0.717) is 21.6 Å². The van der Waals surface area contributed by atoms with Crippen molar-refractivity contribution in [3.63, 3.8) is 0 Å². The van der Waals surface area contributed by atoms with E-state index in [9.17, 15) is 9.90 Å². The van der Waals surface area contributed by atoms with Crippen LogP contribution in [0.5, 0.6) is 0 Å². The number of carbonyl (C=O) groups is 1. The van der Waals surface area contributed by atoms with Crippen molar-refractivity contribution in [3.8, 4) is 10.6 Å². The third-order valence-corrected chi connectivity index (χ3v) is 4.37. The highest BCUT2D eigenvalue weighted by molar-refractivity contribution is 7.19. The van der Waals surface area contributed by atoms with E-state index in [2.05, 4.69) is 10.1 Å². The molecule has 0 bridgehead atoms. The summed E-state index contributed by atoms with van der Waals surface area (Å²) in [6.07, 6.45) is 1.30. The van der Waals surface area contributed by atoms with Gasteiger partial charge < -0.3 is 18.9 Å². The zero-order valence-corrected chi connectivity index (χ0v) is 13.6. The molecule has 0 aliphatic heterocycles. The van der Waals surface area contributed by atoms with Crippen LogP contribution in [0.4, 0.5) is 0 Å². The Kier molecular flexibility index (Phi) is 4.46. The van der Waals surface area contributed by atoms with Gasteiger partial charge in [-0.1, -0.05) is 16.8 Å². The molecule has 0 unspecified atom stereocenters. The third-order valence-electron chi connectivity index (χ3n) is 3.13. The van der Waals surface area contributed by atoms with Gasteiger partial charge in [0.25, 0.3) is 0 Å². The number of nitrogens with zero attached hydrogens (tertiary/aromatic N) is 3. The molecule has 23 heavy (non-hydrogen) atoms. The second-order valence-corrected chi connectivity index (χ2v) is 6.39. The summed E-state index contributed by atoms with van der Waals surface area (Å²) in [5, 5.41) is 13.2. The molecule has 120 valence electrons. The van der Waals surface area contributed by atoms with Gasteiger partial charge in [-0.05, 0) is 12.1 Å². The molecule has 0 saturated heterocycles. The molecule has 9 heteroatoms. The van der Waals surface area contributed by atoms with Crippen molar-refractivity contribution in [3.05, 3.63) is 45.9 Å². The number of carboxylic acids is 1. The Hall–Kier alpha value is -2.16. The van der Waals surface area contributed by atoms with E-state index in [-0.39, 0.29) is 18.8 Å². The van der Waals surface area contributed by atoms with E-state index in [0.717, 1.165) is 4.88 Å². The fraction of sp³-hybridized carbons (Fsp3) is 0.214. The lowest BCUT2D eigenvalue weighted by atomic mass is 10.3. The van der Waals surface area contributed by atoms with Gasteiger partial charge in [0.1, 0.15) is 23.8 Å². The Balaban J connectivity index is 1.89. The quantitative estimate of drug-likeness (QED) is 0.732. The van der Waals surface area contributed by atoms with Gasteiger partial charge >= 0.3 is 5.97 Å². The molecule has 7 nitrogen and oxygen atoms in total. The van der Waals surface area contributed by atoms with Crippen LogP contribution >= 0.6 is 22.9 Å². The van der Waals surface area contributed by atoms with Gasteiger partial charge in [-0.25, -0.2) is 9.78 Å². The second-order valence-electron chi connectivity index (χ2n) is 4.67. The number of aromatic carboxylic acids is 1. The van der Waals surface area contributed by atoms with Crippen LogP contribution in [0.2, 0.25) is 4.34 Å². The summed E-state index contributed by atoms with van der Waals surface area (Å²) in [7, 11) is 1.52. The number of methoxy groups -OCH3 is 1. The minimum Gasteiger partial charge on any atom is -0.477 e. The number of hydrogen-bond donors (Lipinski definition) is 1. The lowest BCUT2D eigenvalue weighted by Crippen LogP contribution is -2.13. The zero-order valence-electron chi connectivity index (χ0n) is 12.0. The maximum atomic E-state index is 11.3. The fourth-order valence-electron chi connectivity index (χ4n) is 2.12. The Morgan fingerprint density at radius 1 is 1.52 bits per heavy atom. The molecular formula is C14H12ClN3O4S. The van der Waals surface area contributed by atoms with Gasteiger partial charge in [0.2, 0.25) is 0 Å². The maximum Gasteiger partial charge on any atom is 0.354 e. The largest absolute Gasteiger partial charge is 0.477 e. The van der Waals surface area contributed by atoms with E-state index in [1.165, 1.54) is 29.2 Å². The standard InChI is InChI=1S/C14H12ClN3O4S/c1-21-7-13-16-5-9(14(19)20)18(13)6-8-4-10(22-17-8)11-2-3-12(15)23-11/h2-5H,6-7H2,1H3,(H,19,20). The predicted octanol–water partition coefficient (Wildman–Crippen LogP) is 3.15. The van der Waals surface area contributed by atoms with Crippen LogP contribution in [-0.2, 0) is 17.9 Å². The van der Waals surface area contributed by atoms with Gasteiger partial charge in [-0.3, -0.25) is 0 Å². The van der Waals surface area contributed by atoms with Crippen molar-refractivity contribution in [1.82, 2.24) is 14.7 Å². The highest BCUT2D eigenvalue weighted by atomic mass is 35.5. The van der Waals surface area contributed by atoms with Crippen molar-refractivity contribution in [2.75, 3.05) is 7.11 Å². The molecule has 0 radical (unpaired) electrons. The van der Waals surface area contributed by atoms with E-state index < -0.39 is 5.97 Å². The van der Waals surface area contributed by atoms with Crippen molar-refractivity contribution < 1.29 is 19.2 Å². The maximum absolute atomic E-state index is 11.3. The highest BCUT2D eigenvalue weighted by Gasteiger charge is 2.18. The van der Waals surface area contributed by atoms with Crippen LogP contribution in [0.3, 0.4) is 0 Å². The first-order valence-corrected chi connectivity index (χ1v) is 7.76. The molecule has 3 rings (SSSR count).